The summed E-state index contributed by atoms with van der Waals surface area (Å²) in [6.45, 7) is 5.92. The SMILES string of the molecule is COCCCn1cc(C)nc1NC(C)Cc1ccccc1. The first-order chi connectivity index (χ1) is 10.2. The third kappa shape index (κ3) is 4.90. The van der Waals surface area contributed by atoms with Crippen molar-refractivity contribution in [2.45, 2.75) is 39.3 Å². The van der Waals surface area contributed by atoms with Crippen molar-refractivity contribution in [1.82, 2.24) is 9.55 Å². The zero-order valence-corrected chi connectivity index (χ0v) is 13.2. The van der Waals surface area contributed by atoms with Crippen molar-refractivity contribution in [3.8, 4) is 0 Å². The largest absolute Gasteiger partial charge is 0.385 e. The van der Waals surface area contributed by atoms with Gasteiger partial charge >= 0.3 is 0 Å². The van der Waals surface area contributed by atoms with Gasteiger partial charge in [0.05, 0.1) is 5.69 Å². The Morgan fingerprint density at radius 2 is 2.05 bits per heavy atom. The summed E-state index contributed by atoms with van der Waals surface area (Å²) in [5, 5.41) is 3.52. The number of benzene rings is 1. The van der Waals surface area contributed by atoms with Crippen molar-refractivity contribution in [3.63, 3.8) is 0 Å². The van der Waals surface area contributed by atoms with Gasteiger partial charge in [-0.05, 0) is 32.3 Å². The molecular weight excluding hydrogens is 262 g/mol. The van der Waals surface area contributed by atoms with Gasteiger partial charge in [0, 0.05) is 32.5 Å². The Morgan fingerprint density at radius 1 is 1.29 bits per heavy atom. The lowest BCUT2D eigenvalue weighted by atomic mass is 10.1. The van der Waals surface area contributed by atoms with E-state index in [9.17, 15) is 0 Å². The van der Waals surface area contributed by atoms with E-state index in [0.717, 1.165) is 37.6 Å². The van der Waals surface area contributed by atoms with Gasteiger partial charge in [-0.25, -0.2) is 4.98 Å². The molecule has 0 radical (unpaired) electrons. The van der Waals surface area contributed by atoms with Crippen LogP contribution in [0.25, 0.3) is 0 Å². The first-order valence-corrected chi connectivity index (χ1v) is 7.52. The third-order valence-electron chi connectivity index (χ3n) is 3.40. The highest BCUT2D eigenvalue weighted by atomic mass is 16.5. The van der Waals surface area contributed by atoms with Crippen molar-refractivity contribution >= 4 is 5.95 Å². The van der Waals surface area contributed by atoms with Crippen LogP contribution in [-0.4, -0.2) is 29.3 Å². The van der Waals surface area contributed by atoms with Gasteiger partial charge in [0.25, 0.3) is 0 Å². The van der Waals surface area contributed by atoms with Crippen LogP contribution in [0.4, 0.5) is 5.95 Å². The first-order valence-electron chi connectivity index (χ1n) is 7.52. The summed E-state index contributed by atoms with van der Waals surface area (Å²) >= 11 is 0. The van der Waals surface area contributed by atoms with Crippen LogP contribution in [0.2, 0.25) is 0 Å². The second kappa shape index (κ2) is 7.84. The monoisotopic (exact) mass is 287 g/mol. The quantitative estimate of drug-likeness (QED) is 0.757. The van der Waals surface area contributed by atoms with E-state index in [0.29, 0.717) is 6.04 Å². The van der Waals surface area contributed by atoms with Crippen molar-refractivity contribution < 1.29 is 4.74 Å². The molecule has 4 heteroatoms. The molecule has 0 amide bonds. The van der Waals surface area contributed by atoms with Gasteiger partial charge in [0.1, 0.15) is 0 Å². The van der Waals surface area contributed by atoms with E-state index >= 15 is 0 Å². The summed E-state index contributed by atoms with van der Waals surface area (Å²) < 4.78 is 7.29. The van der Waals surface area contributed by atoms with Crippen LogP contribution < -0.4 is 5.32 Å². The number of nitrogens with one attached hydrogen (secondary N) is 1. The predicted octanol–water partition coefficient (Wildman–Crippen LogP) is 3.27. The minimum absolute atomic E-state index is 0.343. The molecule has 0 saturated carbocycles. The van der Waals surface area contributed by atoms with Gasteiger partial charge < -0.3 is 14.6 Å². The smallest absolute Gasteiger partial charge is 0.203 e. The molecule has 0 aliphatic carbocycles. The highest BCUT2D eigenvalue weighted by Crippen LogP contribution is 2.13. The van der Waals surface area contributed by atoms with E-state index in [1.807, 2.05) is 13.0 Å². The number of rotatable bonds is 8. The Hall–Kier alpha value is -1.81. The standard InChI is InChI=1S/C17H25N3O/c1-14(12-16-8-5-4-6-9-16)18-17-19-15(2)13-20(17)10-7-11-21-3/h4-6,8-9,13-14H,7,10-12H2,1-3H3,(H,18,19). The van der Waals surface area contributed by atoms with Crippen LogP contribution in [-0.2, 0) is 17.7 Å². The van der Waals surface area contributed by atoms with E-state index in [1.54, 1.807) is 7.11 Å². The predicted molar refractivity (Wildman–Crippen MR) is 86.7 cm³/mol. The molecule has 0 fully saturated rings. The van der Waals surface area contributed by atoms with E-state index in [-0.39, 0.29) is 0 Å². The average Bonchev–Trinajstić information content (AvgIpc) is 2.80. The van der Waals surface area contributed by atoms with Gasteiger partial charge in [-0.1, -0.05) is 30.3 Å². The van der Waals surface area contributed by atoms with Gasteiger partial charge in [0.2, 0.25) is 5.95 Å². The molecule has 0 saturated heterocycles. The molecule has 1 unspecified atom stereocenters. The Labute approximate surface area is 127 Å². The molecule has 21 heavy (non-hydrogen) atoms. The number of methoxy groups -OCH3 is 1. The van der Waals surface area contributed by atoms with Gasteiger partial charge in [-0.15, -0.1) is 0 Å². The number of ether oxygens (including phenoxy) is 1. The van der Waals surface area contributed by atoms with Crippen LogP contribution in [0.3, 0.4) is 0 Å². The maximum Gasteiger partial charge on any atom is 0.203 e. The fraction of sp³-hybridized carbons (Fsp3) is 0.471. The summed E-state index contributed by atoms with van der Waals surface area (Å²) in [5.41, 5.74) is 2.38. The highest BCUT2D eigenvalue weighted by molar-refractivity contribution is 5.31. The number of aromatic nitrogens is 2. The van der Waals surface area contributed by atoms with Crippen molar-refractivity contribution in [3.05, 3.63) is 47.8 Å². The Kier molecular flexibility index (Phi) is 5.81. The first kappa shape index (κ1) is 15.6. The van der Waals surface area contributed by atoms with Gasteiger partial charge in [-0.2, -0.15) is 0 Å². The number of hydrogen-bond acceptors (Lipinski definition) is 3. The molecule has 2 aromatic rings. The Morgan fingerprint density at radius 3 is 2.76 bits per heavy atom. The molecule has 1 aromatic heterocycles. The minimum Gasteiger partial charge on any atom is -0.385 e. The van der Waals surface area contributed by atoms with Crippen LogP contribution in [0.5, 0.6) is 0 Å². The lowest BCUT2D eigenvalue weighted by Crippen LogP contribution is -2.21. The Bertz CT molecular complexity index is 536. The zero-order valence-electron chi connectivity index (χ0n) is 13.2. The molecule has 0 aliphatic heterocycles. The van der Waals surface area contributed by atoms with Crippen LogP contribution in [0.1, 0.15) is 24.6 Å². The molecule has 114 valence electrons. The van der Waals surface area contributed by atoms with Crippen molar-refractivity contribution in [2.75, 3.05) is 19.0 Å². The van der Waals surface area contributed by atoms with Gasteiger partial charge in [-0.3, -0.25) is 0 Å². The second-order valence-electron chi connectivity index (χ2n) is 5.48. The lowest BCUT2D eigenvalue weighted by Gasteiger charge is -2.16. The van der Waals surface area contributed by atoms with Crippen molar-refractivity contribution in [2.24, 2.45) is 0 Å². The number of anilines is 1. The van der Waals surface area contributed by atoms with Crippen LogP contribution in [0.15, 0.2) is 36.5 Å². The van der Waals surface area contributed by atoms with E-state index in [4.69, 9.17) is 4.74 Å². The molecule has 1 aromatic carbocycles. The number of hydrogen-bond donors (Lipinski definition) is 1. The molecular formula is C17H25N3O. The summed E-state index contributed by atoms with van der Waals surface area (Å²) in [6, 6.07) is 10.9. The molecule has 0 bridgehead atoms. The number of nitrogens with zero attached hydrogens (tertiary/aromatic N) is 2. The molecule has 2 rings (SSSR count). The number of imidazole rings is 1. The number of aryl methyl sites for hydroxylation is 2. The molecule has 1 atom stereocenters. The van der Waals surface area contributed by atoms with E-state index in [2.05, 4.69) is 52.3 Å². The topological polar surface area (TPSA) is 39.1 Å². The van der Waals surface area contributed by atoms with Crippen LogP contribution >= 0.6 is 0 Å². The van der Waals surface area contributed by atoms with Gasteiger partial charge in [0.15, 0.2) is 0 Å². The fourth-order valence-corrected chi connectivity index (χ4v) is 2.45. The summed E-state index contributed by atoms with van der Waals surface area (Å²) in [5.74, 6) is 0.951. The summed E-state index contributed by atoms with van der Waals surface area (Å²) in [7, 11) is 1.74. The molecule has 0 spiro atoms. The highest BCUT2D eigenvalue weighted by Gasteiger charge is 2.09. The van der Waals surface area contributed by atoms with E-state index < -0.39 is 0 Å². The minimum atomic E-state index is 0.343. The normalized spacial score (nSPS) is 12.3. The average molecular weight is 287 g/mol. The molecule has 0 aliphatic rings. The lowest BCUT2D eigenvalue weighted by molar-refractivity contribution is 0.190. The fourth-order valence-electron chi connectivity index (χ4n) is 2.45. The molecule has 1 heterocycles. The van der Waals surface area contributed by atoms with Crippen molar-refractivity contribution in [1.29, 1.82) is 0 Å². The molecule has 1 N–H and O–H groups in total. The Balaban J connectivity index is 1.95. The molecule has 4 nitrogen and oxygen atoms in total. The summed E-state index contributed by atoms with van der Waals surface area (Å²) in [4.78, 5) is 4.58. The second-order valence-corrected chi connectivity index (χ2v) is 5.48. The zero-order chi connectivity index (χ0) is 15.1. The summed E-state index contributed by atoms with van der Waals surface area (Å²) in [6.07, 6.45) is 4.08. The van der Waals surface area contributed by atoms with E-state index in [1.165, 1.54) is 5.56 Å². The maximum absolute atomic E-state index is 5.12. The van der Waals surface area contributed by atoms with Crippen LogP contribution in [0, 0.1) is 6.92 Å². The maximum atomic E-state index is 5.12. The third-order valence-corrected chi connectivity index (χ3v) is 3.40.